The highest BCUT2D eigenvalue weighted by Gasteiger charge is 2.33. The van der Waals surface area contributed by atoms with E-state index in [2.05, 4.69) is 5.32 Å². The van der Waals surface area contributed by atoms with Crippen LogP contribution in [0, 0.1) is 5.82 Å². The molecule has 0 radical (unpaired) electrons. The topological polar surface area (TPSA) is 21.3 Å². The third-order valence-electron chi connectivity index (χ3n) is 3.28. The quantitative estimate of drug-likeness (QED) is 0.849. The molecule has 0 aliphatic carbocycles. The number of hydrogen-bond donors (Lipinski definition) is 1. The Balaban J connectivity index is 2.26. The minimum Gasteiger partial charge on any atom is -0.382 e. The smallest absolute Gasteiger partial charge is 0.123 e. The largest absolute Gasteiger partial charge is 0.382 e. The molecule has 2 nitrogen and oxygen atoms in total. The van der Waals surface area contributed by atoms with Gasteiger partial charge in [0.05, 0.1) is 12.1 Å². The molecule has 1 aromatic carbocycles. The number of piperidine rings is 1. The number of halogens is 1. The lowest BCUT2D eigenvalue weighted by molar-refractivity contribution is 0.0883. The van der Waals surface area contributed by atoms with Crippen LogP contribution in [0.15, 0.2) is 24.3 Å². The lowest BCUT2D eigenvalue weighted by Gasteiger charge is -2.38. The van der Waals surface area contributed by atoms with E-state index in [1.54, 1.807) is 7.11 Å². The summed E-state index contributed by atoms with van der Waals surface area (Å²) in [4.78, 5) is 0. The molecule has 88 valence electrons. The summed E-state index contributed by atoms with van der Waals surface area (Å²) < 4.78 is 18.2. The van der Waals surface area contributed by atoms with Gasteiger partial charge < -0.3 is 10.1 Å². The van der Waals surface area contributed by atoms with Crippen molar-refractivity contribution in [3.05, 3.63) is 35.6 Å². The summed E-state index contributed by atoms with van der Waals surface area (Å²) in [7, 11) is 1.71. The maximum Gasteiger partial charge on any atom is 0.123 e. The van der Waals surface area contributed by atoms with E-state index in [4.69, 9.17) is 4.74 Å². The van der Waals surface area contributed by atoms with Crippen molar-refractivity contribution in [2.75, 3.05) is 20.3 Å². The van der Waals surface area contributed by atoms with E-state index in [1.807, 2.05) is 12.1 Å². The zero-order valence-corrected chi connectivity index (χ0v) is 9.63. The molecule has 16 heavy (non-hydrogen) atoms. The van der Waals surface area contributed by atoms with Crippen LogP contribution >= 0.6 is 0 Å². The summed E-state index contributed by atoms with van der Waals surface area (Å²) in [6.07, 6.45) is 3.44. The molecular weight excluding hydrogens is 205 g/mol. The first-order valence-corrected chi connectivity index (χ1v) is 5.77. The van der Waals surface area contributed by atoms with Crippen LogP contribution < -0.4 is 5.32 Å². The fraction of sp³-hybridized carbons (Fsp3) is 0.538. The Morgan fingerprint density at radius 1 is 1.31 bits per heavy atom. The predicted molar refractivity (Wildman–Crippen MR) is 61.8 cm³/mol. The van der Waals surface area contributed by atoms with E-state index in [-0.39, 0.29) is 11.4 Å². The third-order valence-corrected chi connectivity index (χ3v) is 3.28. The Hall–Kier alpha value is -0.930. The van der Waals surface area contributed by atoms with Crippen LogP contribution in [-0.4, -0.2) is 20.3 Å². The first-order valence-electron chi connectivity index (χ1n) is 5.77. The first-order chi connectivity index (χ1) is 7.77. The summed E-state index contributed by atoms with van der Waals surface area (Å²) in [6, 6.07) is 6.74. The summed E-state index contributed by atoms with van der Waals surface area (Å²) >= 11 is 0. The van der Waals surface area contributed by atoms with E-state index < -0.39 is 0 Å². The van der Waals surface area contributed by atoms with Crippen molar-refractivity contribution in [3.8, 4) is 0 Å². The van der Waals surface area contributed by atoms with Gasteiger partial charge in [0.15, 0.2) is 0 Å². The molecule has 0 spiro atoms. The van der Waals surface area contributed by atoms with Crippen molar-refractivity contribution in [2.45, 2.75) is 24.8 Å². The van der Waals surface area contributed by atoms with Crippen molar-refractivity contribution in [1.29, 1.82) is 0 Å². The molecule has 1 aliphatic heterocycles. The highest BCUT2D eigenvalue weighted by Crippen LogP contribution is 2.30. The normalized spacial score (nSPS) is 25.6. The summed E-state index contributed by atoms with van der Waals surface area (Å²) in [6.45, 7) is 1.64. The van der Waals surface area contributed by atoms with Crippen molar-refractivity contribution in [3.63, 3.8) is 0 Å². The van der Waals surface area contributed by atoms with Crippen LogP contribution in [0.5, 0.6) is 0 Å². The Labute approximate surface area is 95.8 Å². The maximum absolute atomic E-state index is 12.9. The van der Waals surface area contributed by atoms with E-state index >= 15 is 0 Å². The fourth-order valence-electron chi connectivity index (χ4n) is 2.44. The molecule has 1 fully saturated rings. The van der Waals surface area contributed by atoms with Crippen molar-refractivity contribution < 1.29 is 9.13 Å². The molecule has 2 rings (SSSR count). The van der Waals surface area contributed by atoms with E-state index in [0.717, 1.165) is 18.5 Å². The van der Waals surface area contributed by atoms with E-state index in [1.165, 1.54) is 25.0 Å². The highest BCUT2D eigenvalue weighted by molar-refractivity contribution is 5.26. The first kappa shape index (κ1) is 11.6. The van der Waals surface area contributed by atoms with Gasteiger partial charge in [0.2, 0.25) is 0 Å². The summed E-state index contributed by atoms with van der Waals surface area (Å²) in [5.41, 5.74) is 0.996. The van der Waals surface area contributed by atoms with Crippen molar-refractivity contribution in [2.24, 2.45) is 0 Å². The standard InChI is InChI=1S/C13H18FNO/c1-16-10-13(8-2-3-9-15-13)11-4-6-12(14)7-5-11/h4-7,15H,2-3,8-10H2,1H3. The SMILES string of the molecule is COCC1(c2ccc(F)cc2)CCCCN1. The fourth-order valence-corrected chi connectivity index (χ4v) is 2.44. The lowest BCUT2D eigenvalue weighted by Crippen LogP contribution is -2.49. The Bertz CT molecular complexity index is 325. The number of nitrogens with one attached hydrogen (secondary N) is 1. The molecule has 0 bridgehead atoms. The van der Waals surface area contributed by atoms with Gasteiger partial charge >= 0.3 is 0 Å². The number of ether oxygens (including phenoxy) is 1. The van der Waals surface area contributed by atoms with E-state index in [0.29, 0.717) is 6.61 Å². The van der Waals surface area contributed by atoms with Crippen LogP contribution in [0.3, 0.4) is 0 Å². The molecule has 1 N–H and O–H groups in total. The van der Waals surface area contributed by atoms with Crippen LogP contribution in [-0.2, 0) is 10.3 Å². The van der Waals surface area contributed by atoms with Crippen LogP contribution in [0.4, 0.5) is 4.39 Å². The molecule has 0 amide bonds. The lowest BCUT2D eigenvalue weighted by atomic mass is 9.83. The van der Waals surface area contributed by atoms with Crippen LogP contribution in [0.1, 0.15) is 24.8 Å². The minimum absolute atomic E-state index is 0.124. The molecule has 0 aromatic heterocycles. The zero-order chi connectivity index (χ0) is 11.4. The maximum atomic E-state index is 12.9. The molecule has 1 atom stereocenters. The van der Waals surface area contributed by atoms with Crippen LogP contribution in [0.25, 0.3) is 0 Å². The van der Waals surface area contributed by atoms with Gasteiger partial charge in [0, 0.05) is 7.11 Å². The Morgan fingerprint density at radius 2 is 2.06 bits per heavy atom. The number of hydrogen-bond acceptors (Lipinski definition) is 2. The van der Waals surface area contributed by atoms with Gasteiger partial charge in [-0.3, -0.25) is 0 Å². The third kappa shape index (κ3) is 2.25. The van der Waals surface area contributed by atoms with Gasteiger partial charge in [-0.25, -0.2) is 4.39 Å². The molecule has 0 saturated carbocycles. The molecule has 1 unspecified atom stereocenters. The molecule has 3 heteroatoms. The number of benzene rings is 1. The summed E-state index contributed by atoms with van der Waals surface area (Å²) in [5.74, 6) is -0.188. The van der Waals surface area contributed by atoms with E-state index in [9.17, 15) is 4.39 Å². The van der Waals surface area contributed by atoms with Gasteiger partial charge in [-0.1, -0.05) is 12.1 Å². The molecule has 1 saturated heterocycles. The second-order valence-corrected chi connectivity index (χ2v) is 4.41. The second kappa shape index (κ2) is 4.93. The number of methoxy groups -OCH3 is 1. The van der Waals surface area contributed by atoms with Crippen LogP contribution in [0.2, 0.25) is 0 Å². The predicted octanol–water partition coefficient (Wildman–Crippen LogP) is 2.44. The molecule has 1 heterocycles. The molecular formula is C13H18FNO. The molecule has 1 aliphatic rings. The summed E-state index contributed by atoms with van der Waals surface area (Å²) in [5, 5.41) is 3.52. The van der Waals surface area contributed by atoms with Crippen molar-refractivity contribution in [1.82, 2.24) is 5.32 Å². The van der Waals surface area contributed by atoms with Gasteiger partial charge in [0.25, 0.3) is 0 Å². The minimum atomic E-state index is -0.188. The highest BCUT2D eigenvalue weighted by atomic mass is 19.1. The average Bonchev–Trinajstić information content (AvgIpc) is 2.31. The zero-order valence-electron chi connectivity index (χ0n) is 9.63. The van der Waals surface area contributed by atoms with Gasteiger partial charge in [-0.2, -0.15) is 0 Å². The van der Waals surface area contributed by atoms with Gasteiger partial charge in [0.1, 0.15) is 5.82 Å². The Morgan fingerprint density at radius 3 is 2.62 bits per heavy atom. The average molecular weight is 223 g/mol. The second-order valence-electron chi connectivity index (χ2n) is 4.41. The van der Waals surface area contributed by atoms with Crippen molar-refractivity contribution >= 4 is 0 Å². The monoisotopic (exact) mass is 223 g/mol. The number of rotatable bonds is 3. The van der Waals surface area contributed by atoms with Gasteiger partial charge in [-0.05, 0) is 43.5 Å². The van der Waals surface area contributed by atoms with Gasteiger partial charge in [-0.15, -0.1) is 0 Å². The molecule has 1 aromatic rings. The Kier molecular flexibility index (Phi) is 3.56.